The van der Waals surface area contributed by atoms with Crippen LogP contribution in [0.25, 0.3) is 11.3 Å². The number of aromatic nitrogens is 3. The Morgan fingerprint density at radius 3 is 2.83 bits per heavy atom. The second kappa shape index (κ2) is 9.00. The van der Waals surface area contributed by atoms with Crippen LogP contribution in [0.3, 0.4) is 0 Å². The number of carbonyl (C=O) groups excluding carboxylic acids is 1. The average molecular weight is 412 g/mol. The molecule has 9 heteroatoms. The zero-order valence-corrected chi connectivity index (χ0v) is 16.2. The van der Waals surface area contributed by atoms with Crippen molar-refractivity contribution >= 4 is 5.91 Å². The second-order valence-electron chi connectivity index (χ2n) is 7.15. The van der Waals surface area contributed by atoms with Gasteiger partial charge in [-0.25, -0.2) is 4.39 Å². The van der Waals surface area contributed by atoms with Crippen molar-refractivity contribution < 1.29 is 13.6 Å². The number of rotatable bonds is 8. The quantitative estimate of drug-likeness (QED) is 0.528. The zero-order chi connectivity index (χ0) is 20.9. The van der Waals surface area contributed by atoms with Gasteiger partial charge in [0.1, 0.15) is 5.82 Å². The van der Waals surface area contributed by atoms with E-state index in [0.717, 1.165) is 18.5 Å². The van der Waals surface area contributed by atoms with Crippen LogP contribution in [0, 0.1) is 11.8 Å². The van der Waals surface area contributed by atoms with Crippen LogP contribution in [-0.2, 0) is 6.42 Å². The molecule has 0 unspecified atom stereocenters. The van der Waals surface area contributed by atoms with E-state index in [1.165, 1.54) is 29.3 Å². The Morgan fingerprint density at radius 2 is 2.13 bits per heavy atom. The van der Waals surface area contributed by atoms with Gasteiger partial charge in [-0.3, -0.25) is 9.78 Å². The fraction of sp³-hybridized carbons (Fsp3) is 0.286. The number of hydrogen-bond acceptors (Lipinski definition) is 5. The van der Waals surface area contributed by atoms with Gasteiger partial charge in [0.25, 0.3) is 5.91 Å². The molecule has 2 aromatic heterocycles. The molecule has 1 aliphatic rings. The molecule has 0 saturated carbocycles. The highest BCUT2D eigenvalue weighted by atomic mass is 19.1. The van der Waals surface area contributed by atoms with E-state index in [1.807, 2.05) is 6.07 Å². The maximum Gasteiger partial charge on any atom is 0.252 e. The topological polar surface area (TPSA) is 83.9 Å². The Kier molecular flexibility index (Phi) is 5.99. The van der Waals surface area contributed by atoms with Crippen molar-refractivity contribution in [1.29, 1.82) is 0 Å². The van der Waals surface area contributed by atoms with Crippen LogP contribution in [-0.4, -0.2) is 46.5 Å². The number of hydrogen-bond donors (Lipinski definition) is 3. The minimum atomic E-state index is -0.672. The summed E-state index contributed by atoms with van der Waals surface area (Å²) in [7, 11) is 0. The fourth-order valence-electron chi connectivity index (χ4n) is 3.14. The Bertz CT molecular complexity index is 1020. The molecule has 156 valence electrons. The number of nitrogens with one attached hydrogen (secondary N) is 3. The van der Waals surface area contributed by atoms with Crippen LogP contribution in [0.1, 0.15) is 22.3 Å². The maximum atomic E-state index is 14.3. The van der Waals surface area contributed by atoms with E-state index in [0.29, 0.717) is 36.8 Å². The van der Waals surface area contributed by atoms with E-state index in [1.54, 1.807) is 18.2 Å². The predicted octanol–water partition coefficient (Wildman–Crippen LogP) is 2.10. The van der Waals surface area contributed by atoms with Gasteiger partial charge in [-0.15, -0.1) is 5.10 Å². The molecule has 0 radical (unpaired) electrons. The minimum absolute atomic E-state index is 0.210. The van der Waals surface area contributed by atoms with Crippen LogP contribution < -0.4 is 16.1 Å². The Hall–Kier alpha value is -3.33. The van der Waals surface area contributed by atoms with Gasteiger partial charge in [0.15, 0.2) is 0 Å². The lowest BCUT2D eigenvalue weighted by atomic mass is 10.1. The molecule has 1 fully saturated rings. The van der Waals surface area contributed by atoms with Crippen LogP contribution in [0.15, 0.2) is 48.8 Å². The largest absolute Gasteiger partial charge is 0.350 e. The summed E-state index contributed by atoms with van der Waals surface area (Å²) in [5.74, 6) is -1.17. The fourth-order valence-corrected chi connectivity index (χ4v) is 3.14. The van der Waals surface area contributed by atoms with Crippen LogP contribution in [0.5, 0.6) is 0 Å². The van der Waals surface area contributed by atoms with E-state index in [9.17, 15) is 13.6 Å². The molecule has 0 bridgehead atoms. The molecule has 7 nitrogen and oxygen atoms in total. The molecule has 1 aromatic carbocycles. The molecular formula is C21H22F2N6O. The number of amides is 1. The molecule has 3 aromatic rings. The smallest absolute Gasteiger partial charge is 0.252 e. The molecule has 1 saturated heterocycles. The van der Waals surface area contributed by atoms with E-state index in [-0.39, 0.29) is 17.3 Å². The lowest BCUT2D eigenvalue weighted by molar-refractivity contribution is 0.0945. The number of halogens is 2. The van der Waals surface area contributed by atoms with Gasteiger partial charge in [-0.2, -0.15) is 9.18 Å². The van der Waals surface area contributed by atoms with Crippen molar-refractivity contribution in [3.63, 3.8) is 0 Å². The number of carbonyl (C=O) groups is 1. The number of benzene rings is 1. The first-order valence-electron chi connectivity index (χ1n) is 9.80. The maximum absolute atomic E-state index is 14.3. The van der Waals surface area contributed by atoms with E-state index < -0.39 is 5.95 Å². The van der Waals surface area contributed by atoms with Gasteiger partial charge < -0.3 is 16.1 Å². The van der Waals surface area contributed by atoms with Gasteiger partial charge >= 0.3 is 0 Å². The first-order valence-corrected chi connectivity index (χ1v) is 9.80. The zero-order valence-electron chi connectivity index (χ0n) is 16.2. The first-order chi connectivity index (χ1) is 14.6. The van der Waals surface area contributed by atoms with Crippen molar-refractivity contribution in [3.05, 3.63) is 71.7 Å². The Morgan fingerprint density at radius 1 is 1.27 bits per heavy atom. The highest BCUT2D eigenvalue weighted by Crippen LogP contribution is 2.19. The Labute approximate surface area is 172 Å². The van der Waals surface area contributed by atoms with E-state index in [2.05, 4.69) is 26.1 Å². The molecule has 0 aliphatic carbocycles. The third-order valence-corrected chi connectivity index (χ3v) is 4.98. The molecule has 30 heavy (non-hydrogen) atoms. The minimum Gasteiger partial charge on any atom is -0.350 e. The molecule has 3 N–H and O–H groups in total. The van der Waals surface area contributed by atoms with Crippen molar-refractivity contribution in [2.24, 2.45) is 0 Å². The average Bonchev–Trinajstić information content (AvgIpc) is 3.07. The number of nitrogens with zero attached hydrogens (tertiary/aromatic N) is 3. The predicted molar refractivity (Wildman–Crippen MR) is 108 cm³/mol. The van der Waals surface area contributed by atoms with Crippen molar-refractivity contribution in [3.8, 4) is 11.3 Å². The molecule has 0 spiro atoms. The summed E-state index contributed by atoms with van der Waals surface area (Å²) in [6, 6.07) is 9.85. The molecule has 4 rings (SSSR count). The summed E-state index contributed by atoms with van der Waals surface area (Å²) in [5, 5.41) is 9.86. The molecule has 1 amide bonds. The lowest BCUT2D eigenvalue weighted by Gasteiger charge is -2.27. The molecular weight excluding hydrogens is 390 g/mol. The standard InChI is InChI=1S/C21H22F2N6O/c22-16-3-1-2-14(10-16)6-9-27-29-13-18(20(23)28-29)19-5-4-15(11-25-19)21(30)26-12-17-7-8-24-17/h1-5,10-11,13,17,24,27H,6-9,12H2,(H,26,30)/t17-/m1/s1. The van der Waals surface area contributed by atoms with Crippen molar-refractivity contribution in [2.45, 2.75) is 18.9 Å². The van der Waals surface area contributed by atoms with Gasteiger partial charge in [0.05, 0.1) is 23.0 Å². The summed E-state index contributed by atoms with van der Waals surface area (Å²) < 4.78 is 27.5. The Balaban J connectivity index is 1.34. The molecule has 1 aliphatic heterocycles. The van der Waals surface area contributed by atoms with Crippen LogP contribution in [0.2, 0.25) is 0 Å². The summed E-state index contributed by atoms with van der Waals surface area (Å²) in [6.45, 7) is 2.01. The van der Waals surface area contributed by atoms with Crippen LogP contribution in [0.4, 0.5) is 8.78 Å². The molecule has 3 heterocycles. The van der Waals surface area contributed by atoms with Gasteiger partial charge in [-0.05, 0) is 49.2 Å². The summed E-state index contributed by atoms with van der Waals surface area (Å²) in [5.41, 5.74) is 4.80. The highest BCUT2D eigenvalue weighted by Gasteiger charge is 2.18. The monoisotopic (exact) mass is 412 g/mol. The van der Waals surface area contributed by atoms with Gasteiger partial charge in [0, 0.05) is 25.3 Å². The summed E-state index contributed by atoms with van der Waals surface area (Å²) in [6.07, 6.45) is 4.53. The summed E-state index contributed by atoms with van der Waals surface area (Å²) >= 11 is 0. The second-order valence-corrected chi connectivity index (χ2v) is 7.15. The van der Waals surface area contributed by atoms with E-state index >= 15 is 0 Å². The molecule has 1 atom stereocenters. The van der Waals surface area contributed by atoms with Crippen molar-refractivity contribution in [1.82, 2.24) is 25.5 Å². The van der Waals surface area contributed by atoms with Crippen molar-refractivity contribution in [2.75, 3.05) is 25.1 Å². The highest BCUT2D eigenvalue weighted by molar-refractivity contribution is 5.94. The normalized spacial score (nSPS) is 15.5. The SMILES string of the molecule is O=C(NC[C@H]1CCN1)c1ccc(-c2cn(NCCc3cccc(F)c3)nc2F)nc1. The van der Waals surface area contributed by atoms with Crippen LogP contribution >= 0.6 is 0 Å². The third-order valence-electron chi connectivity index (χ3n) is 4.98. The van der Waals surface area contributed by atoms with E-state index in [4.69, 9.17) is 0 Å². The summed E-state index contributed by atoms with van der Waals surface area (Å²) in [4.78, 5) is 17.6. The lowest BCUT2D eigenvalue weighted by Crippen LogP contribution is -2.50. The van der Waals surface area contributed by atoms with Gasteiger partial charge in [0.2, 0.25) is 5.95 Å². The van der Waals surface area contributed by atoms with Gasteiger partial charge in [-0.1, -0.05) is 12.1 Å². The number of pyridine rings is 1. The third kappa shape index (κ3) is 4.80. The first kappa shape index (κ1) is 20.0.